The third kappa shape index (κ3) is 5.86. The van der Waals surface area contributed by atoms with Gasteiger partial charge < -0.3 is 20.4 Å². The van der Waals surface area contributed by atoms with Crippen molar-refractivity contribution in [3.8, 4) is 0 Å². The fourth-order valence-electron chi connectivity index (χ4n) is 6.72. The molecule has 0 radical (unpaired) electrons. The predicted molar refractivity (Wildman–Crippen MR) is 174 cm³/mol. The predicted octanol–water partition coefficient (Wildman–Crippen LogP) is 4.67. The highest BCUT2D eigenvalue weighted by atomic mass is 35.5. The van der Waals surface area contributed by atoms with Gasteiger partial charge in [0.2, 0.25) is 23.7 Å². The van der Waals surface area contributed by atoms with E-state index in [-0.39, 0.29) is 61.0 Å². The summed E-state index contributed by atoms with van der Waals surface area (Å²) in [6, 6.07) is 9.64. The molecule has 4 aromatic rings. The number of halogens is 4. The first-order valence-corrected chi connectivity index (χ1v) is 15.8. The van der Waals surface area contributed by atoms with E-state index in [1.165, 1.54) is 11.1 Å². The van der Waals surface area contributed by atoms with Crippen molar-refractivity contribution in [2.45, 2.75) is 43.8 Å². The Morgan fingerprint density at radius 2 is 1.83 bits per heavy atom. The molecule has 16 heteroatoms. The molecule has 2 aromatic carbocycles. The Labute approximate surface area is 277 Å². The Morgan fingerprint density at radius 3 is 2.60 bits per heavy atom. The van der Waals surface area contributed by atoms with Crippen LogP contribution in [0.15, 0.2) is 42.6 Å². The molecule has 3 atom stereocenters. The number of fused-ring (bicyclic) bond motifs is 2. The van der Waals surface area contributed by atoms with E-state index >= 15 is 0 Å². The SMILES string of the molecule is CN1C(=O)Cc2cc(Nc3nc(N4CC[C@H](Nc5ccc6c(C7CCC(=O)NC7=O)nn(C)c6c5)[C@H](C(F)(F)F)C4)ncc3Cl)ccc21. The molecule has 12 nitrogen and oxygen atoms in total. The number of aryl methyl sites for hydroxylation is 1. The fraction of sp³-hybridized carbons (Fsp3) is 0.375. The molecule has 48 heavy (non-hydrogen) atoms. The number of likely N-dealkylation sites (N-methyl/N-ethyl adjacent to an activating group) is 1. The Hall–Kier alpha value is -4.92. The van der Waals surface area contributed by atoms with Crippen molar-refractivity contribution in [1.29, 1.82) is 0 Å². The second kappa shape index (κ2) is 12.0. The van der Waals surface area contributed by atoms with Crippen molar-refractivity contribution in [2.24, 2.45) is 13.0 Å². The molecule has 2 aromatic heterocycles. The van der Waals surface area contributed by atoms with Crippen LogP contribution in [0.25, 0.3) is 10.9 Å². The molecule has 3 amide bonds. The van der Waals surface area contributed by atoms with Crippen LogP contribution in [0.4, 0.5) is 42.0 Å². The molecule has 1 unspecified atom stereocenters. The largest absolute Gasteiger partial charge is 0.395 e. The Morgan fingerprint density at radius 1 is 1.04 bits per heavy atom. The molecular formula is C32H31ClF3N9O3. The number of rotatable bonds is 6. The molecule has 0 saturated carbocycles. The number of carbonyl (C=O) groups excluding carboxylic acids is 3. The monoisotopic (exact) mass is 681 g/mol. The summed E-state index contributed by atoms with van der Waals surface area (Å²) in [5.74, 6) is -2.72. The van der Waals surface area contributed by atoms with E-state index in [0.717, 1.165) is 11.3 Å². The van der Waals surface area contributed by atoms with Gasteiger partial charge in [-0.05, 0) is 54.8 Å². The molecule has 0 spiro atoms. The first-order chi connectivity index (χ1) is 22.9. The summed E-state index contributed by atoms with van der Waals surface area (Å²) in [7, 11) is 3.42. The summed E-state index contributed by atoms with van der Waals surface area (Å²) in [4.78, 5) is 48.0. The van der Waals surface area contributed by atoms with Gasteiger partial charge in [0.15, 0.2) is 5.82 Å². The minimum Gasteiger partial charge on any atom is -0.381 e. The van der Waals surface area contributed by atoms with Crippen LogP contribution < -0.4 is 25.8 Å². The van der Waals surface area contributed by atoms with E-state index in [9.17, 15) is 27.6 Å². The third-order valence-corrected chi connectivity index (χ3v) is 9.54. The molecule has 250 valence electrons. The maximum absolute atomic E-state index is 14.5. The van der Waals surface area contributed by atoms with E-state index in [1.54, 1.807) is 47.9 Å². The number of carbonyl (C=O) groups is 3. The van der Waals surface area contributed by atoms with Crippen molar-refractivity contribution in [2.75, 3.05) is 40.6 Å². The quantitative estimate of drug-likeness (QED) is 0.248. The van der Waals surface area contributed by atoms with E-state index < -0.39 is 30.0 Å². The van der Waals surface area contributed by atoms with Crippen molar-refractivity contribution < 1.29 is 27.6 Å². The van der Waals surface area contributed by atoms with Crippen LogP contribution in [0.5, 0.6) is 0 Å². The molecule has 3 N–H and O–H groups in total. The second-order valence-corrected chi connectivity index (χ2v) is 12.7. The van der Waals surface area contributed by atoms with Gasteiger partial charge in [-0.1, -0.05) is 11.6 Å². The van der Waals surface area contributed by atoms with Gasteiger partial charge >= 0.3 is 6.18 Å². The van der Waals surface area contributed by atoms with Crippen LogP contribution in [-0.2, 0) is 27.9 Å². The number of anilines is 5. The lowest BCUT2D eigenvalue weighted by molar-refractivity contribution is -0.178. The van der Waals surface area contributed by atoms with Crippen LogP contribution >= 0.6 is 11.6 Å². The van der Waals surface area contributed by atoms with E-state index in [0.29, 0.717) is 34.4 Å². The molecule has 0 aliphatic carbocycles. The van der Waals surface area contributed by atoms with Crippen molar-refractivity contribution >= 4 is 69.1 Å². The van der Waals surface area contributed by atoms with Crippen molar-refractivity contribution in [3.05, 3.63) is 58.9 Å². The summed E-state index contributed by atoms with van der Waals surface area (Å²) >= 11 is 6.38. The van der Waals surface area contributed by atoms with Gasteiger partial charge in [0.1, 0.15) is 5.02 Å². The van der Waals surface area contributed by atoms with Gasteiger partial charge in [0, 0.05) is 62.1 Å². The van der Waals surface area contributed by atoms with E-state index in [2.05, 4.69) is 31.0 Å². The second-order valence-electron chi connectivity index (χ2n) is 12.3. The molecule has 5 heterocycles. The number of nitrogens with one attached hydrogen (secondary N) is 3. The van der Waals surface area contributed by atoms with Crippen LogP contribution in [0.3, 0.4) is 0 Å². The summed E-state index contributed by atoms with van der Waals surface area (Å²) in [6.07, 6.45) is -2.20. The van der Waals surface area contributed by atoms with Crippen LogP contribution in [0.1, 0.15) is 36.4 Å². The first kappa shape index (κ1) is 31.7. The zero-order valence-corrected chi connectivity index (χ0v) is 26.7. The smallest absolute Gasteiger partial charge is 0.381 e. The van der Waals surface area contributed by atoms with Crippen molar-refractivity contribution in [1.82, 2.24) is 25.1 Å². The standard InChI is InChI=1S/C32H31ClF3N9O3/c1-43-24-7-4-17(11-16(24)12-27(43)47)39-29-22(33)14-37-31(41-29)45-10-9-23(21(15-45)32(34,35)36)38-18-3-5-19-25(13-18)44(2)42-28(19)20-6-8-26(46)40-30(20)48/h3-5,7,11,13-14,20-21,23,38H,6,8-10,12,15H2,1-2H3,(H,37,39,41)(H,40,46,48)/t20?,21-,23+/m1/s1. The molecule has 2 fully saturated rings. The summed E-state index contributed by atoms with van der Waals surface area (Å²) in [5, 5.41) is 14.0. The topological polar surface area (TPSA) is 137 Å². The van der Waals surface area contributed by atoms with Gasteiger partial charge in [-0.15, -0.1) is 0 Å². The maximum atomic E-state index is 14.5. The average Bonchev–Trinajstić information content (AvgIpc) is 3.51. The highest BCUT2D eigenvalue weighted by Gasteiger charge is 2.48. The number of nitrogens with zero attached hydrogens (tertiary/aromatic N) is 6. The molecule has 2 saturated heterocycles. The summed E-state index contributed by atoms with van der Waals surface area (Å²) < 4.78 is 45.2. The highest BCUT2D eigenvalue weighted by molar-refractivity contribution is 6.33. The Bertz CT molecular complexity index is 1970. The van der Waals surface area contributed by atoms with E-state index in [1.807, 2.05) is 12.1 Å². The number of hydrogen-bond donors (Lipinski definition) is 3. The zero-order chi connectivity index (χ0) is 33.9. The number of imide groups is 1. The maximum Gasteiger partial charge on any atom is 0.395 e. The van der Waals surface area contributed by atoms with Gasteiger partial charge in [0.05, 0.1) is 35.7 Å². The Kier molecular flexibility index (Phi) is 7.89. The minimum absolute atomic E-state index is 0.0157. The highest BCUT2D eigenvalue weighted by Crippen LogP contribution is 2.38. The van der Waals surface area contributed by atoms with Crippen LogP contribution in [0.2, 0.25) is 5.02 Å². The number of benzene rings is 2. The lowest BCUT2D eigenvalue weighted by Crippen LogP contribution is -2.52. The Balaban J connectivity index is 1.08. The molecule has 3 aliphatic heterocycles. The van der Waals surface area contributed by atoms with Gasteiger partial charge in [0.25, 0.3) is 0 Å². The molecular weight excluding hydrogens is 651 g/mol. The van der Waals surface area contributed by atoms with Gasteiger partial charge in [-0.2, -0.15) is 23.3 Å². The van der Waals surface area contributed by atoms with Gasteiger partial charge in [-0.3, -0.25) is 24.4 Å². The number of hydrogen-bond acceptors (Lipinski definition) is 9. The summed E-state index contributed by atoms with van der Waals surface area (Å²) in [6.45, 7) is -0.116. The minimum atomic E-state index is -4.52. The normalized spacial score (nSPS) is 21.5. The molecule has 0 bridgehead atoms. The van der Waals surface area contributed by atoms with Crippen LogP contribution in [0, 0.1) is 5.92 Å². The first-order valence-electron chi connectivity index (χ1n) is 15.4. The van der Waals surface area contributed by atoms with E-state index in [4.69, 9.17) is 11.6 Å². The lowest BCUT2D eigenvalue weighted by atomic mass is 9.91. The molecule has 3 aliphatic rings. The van der Waals surface area contributed by atoms with Crippen LogP contribution in [-0.4, -0.2) is 69.8 Å². The summed E-state index contributed by atoms with van der Waals surface area (Å²) in [5.41, 5.74) is 3.96. The zero-order valence-electron chi connectivity index (χ0n) is 25.9. The third-order valence-electron chi connectivity index (χ3n) is 9.27. The number of alkyl halides is 3. The van der Waals surface area contributed by atoms with Gasteiger partial charge in [-0.25, -0.2) is 4.98 Å². The lowest BCUT2D eigenvalue weighted by Gasteiger charge is -2.40. The number of piperidine rings is 2. The fourth-order valence-corrected chi connectivity index (χ4v) is 6.86. The molecule has 7 rings (SSSR count). The average molecular weight is 682 g/mol. The van der Waals surface area contributed by atoms with Crippen molar-refractivity contribution in [3.63, 3.8) is 0 Å². The number of amides is 3. The number of aromatic nitrogens is 4.